The number of hydrogen-bond donors (Lipinski definition) is 1. The Morgan fingerprint density at radius 3 is 2.46 bits per heavy atom. The third-order valence-electron chi connectivity index (χ3n) is 3.87. The van der Waals surface area contributed by atoms with Gasteiger partial charge >= 0.3 is 0 Å². The Bertz CT molecular complexity index is 951. The third-order valence-corrected chi connectivity index (χ3v) is 5.01. The number of amides is 1. The van der Waals surface area contributed by atoms with Crippen molar-refractivity contribution in [3.63, 3.8) is 0 Å². The largest absolute Gasteiger partial charge is 0.491 e. The van der Waals surface area contributed by atoms with E-state index in [1.165, 1.54) is 0 Å². The van der Waals surface area contributed by atoms with Gasteiger partial charge in [-0.25, -0.2) is 17.2 Å². The van der Waals surface area contributed by atoms with Crippen LogP contribution in [0.2, 0.25) is 0 Å². The Labute approximate surface area is 163 Å². The van der Waals surface area contributed by atoms with Crippen LogP contribution in [-0.2, 0) is 14.8 Å². The summed E-state index contributed by atoms with van der Waals surface area (Å²) >= 11 is 0. The molecular formula is C19H22F2N2O4S. The normalized spacial score (nSPS) is 12.3. The highest BCUT2D eigenvalue weighted by Crippen LogP contribution is 2.20. The number of halogens is 2. The van der Waals surface area contributed by atoms with Gasteiger partial charge in [0, 0.05) is 6.07 Å². The van der Waals surface area contributed by atoms with E-state index in [1.54, 1.807) is 13.0 Å². The highest BCUT2D eigenvalue weighted by molar-refractivity contribution is 7.92. The number of carbonyl (C=O) groups is 1. The van der Waals surface area contributed by atoms with E-state index in [9.17, 15) is 22.0 Å². The first-order valence-corrected chi connectivity index (χ1v) is 10.3. The second-order valence-electron chi connectivity index (χ2n) is 6.41. The van der Waals surface area contributed by atoms with Crippen LogP contribution in [0.3, 0.4) is 0 Å². The van der Waals surface area contributed by atoms with Crippen molar-refractivity contribution in [2.75, 3.05) is 23.7 Å². The van der Waals surface area contributed by atoms with E-state index in [0.29, 0.717) is 10.1 Å². The smallest absolute Gasteiger partial charge is 0.241 e. The maximum Gasteiger partial charge on any atom is 0.241 e. The second kappa shape index (κ2) is 9.01. The predicted molar refractivity (Wildman–Crippen MR) is 103 cm³/mol. The Morgan fingerprint density at radius 1 is 1.18 bits per heavy atom. The fourth-order valence-electron chi connectivity index (χ4n) is 2.47. The van der Waals surface area contributed by atoms with Gasteiger partial charge < -0.3 is 10.1 Å². The molecule has 0 saturated carbocycles. The SMILES string of the molecule is Cc1ccccc1OCC(C)NC(=O)CN(c1ccc(F)c(F)c1)S(C)(=O)=O. The van der Waals surface area contributed by atoms with Crippen molar-refractivity contribution in [1.29, 1.82) is 0 Å². The van der Waals surface area contributed by atoms with Crippen molar-refractivity contribution >= 4 is 21.6 Å². The van der Waals surface area contributed by atoms with E-state index in [1.807, 2.05) is 25.1 Å². The van der Waals surface area contributed by atoms with E-state index in [4.69, 9.17) is 4.74 Å². The molecule has 6 nitrogen and oxygen atoms in total. The lowest BCUT2D eigenvalue weighted by Crippen LogP contribution is -2.45. The van der Waals surface area contributed by atoms with Gasteiger partial charge in [0.05, 0.1) is 18.0 Å². The summed E-state index contributed by atoms with van der Waals surface area (Å²) < 4.78 is 56.9. The summed E-state index contributed by atoms with van der Waals surface area (Å²) in [7, 11) is -3.89. The van der Waals surface area contributed by atoms with Crippen molar-refractivity contribution in [3.8, 4) is 5.75 Å². The highest BCUT2D eigenvalue weighted by Gasteiger charge is 2.23. The lowest BCUT2D eigenvalue weighted by Gasteiger charge is -2.23. The first-order valence-electron chi connectivity index (χ1n) is 8.48. The number of nitrogens with one attached hydrogen (secondary N) is 1. The van der Waals surface area contributed by atoms with Gasteiger partial charge in [0.1, 0.15) is 18.9 Å². The average molecular weight is 412 g/mol. The quantitative estimate of drug-likeness (QED) is 0.723. The number of sulfonamides is 1. The van der Waals surface area contributed by atoms with E-state index >= 15 is 0 Å². The zero-order chi connectivity index (χ0) is 20.9. The molecule has 1 amide bonds. The molecular weight excluding hydrogens is 390 g/mol. The van der Waals surface area contributed by atoms with Crippen molar-refractivity contribution in [3.05, 3.63) is 59.7 Å². The Hall–Kier alpha value is -2.68. The molecule has 0 spiro atoms. The Morgan fingerprint density at radius 2 is 1.86 bits per heavy atom. The molecule has 0 aliphatic carbocycles. The van der Waals surface area contributed by atoms with Crippen LogP contribution in [0.5, 0.6) is 5.75 Å². The maximum atomic E-state index is 13.5. The zero-order valence-corrected chi connectivity index (χ0v) is 16.6. The summed E-state index contributed by atoms with van der Waals surface area (Å²) in [6.07, 6.45) is 0.881. The Balaban J connectivity index is 2.01. The third kappa shape index (κ3) is 5.91. The molecule has 0 aliphatic heterocycles. The first-order chi connectivity index (χ1) is 13.1. The van der Waals surface area contributed by atoms with E-state index < -0.39 is 40.2 Å². The molecule has 0 aromatic heterocycles. The molecule has 2 aromatic carbocycles. The molecule has 2 aromatic rings. The molecule has 0 fully saturated rings. The molecule has 0 saturated heterocycles. The van der Waals surface area contributed by atoms with Crippen LogP contribution in [0.25, 0.3) is 0 Å². The van der Waals surface area contributed by atoms with Crippen LogP contribution in [0.15, 0.2) is 42.5 Å². The highest BCUT2D eigenvalue weighted by atomic mass is 32.2. The molecule has 9 heteroatoms. The lowest BCUT2D eigenvalue weighted by atomic mass is 10.2. The summed E-state index contributed by atoms with van der Waals surface area (Å²) in [5.41, 5.74) is 0.808. The number of para-hydroxylation sites is 1. The summed E-state index contributed by atoms with van der Waals surface area (Å²) in [4.78, 5) is 12.3. The molecule has 0 radical (unpaired) electrons. The molecule has 0 bridgehead atoms. The van der Waals surface area contributed by atoms with E-state index in [-0.39, 0.29) is 12.3 Å². The number of benzene rings is 2. The Kier molecular flexibility index (Phi) is 6.95. The fraction of sp³-hybridized carbons (Fsp3) is 0.316. The van der Waals surface area contributed by atoms with Crippen molar-refractivity contribution < 1.29 is 26.7 Å². The lowest BCUT2D eigenvalue weighted by molar-refractivity contribution is -0.120. The molecule has 1 N–H and O–H groups in total. The molecule has 1 unspecified atom stereocenters. The number of rotatable bonds is 8. The molecule has 2 rings (SSSR count). The molecule has 0 heterocycles. The number of anilines is 1. The zero-order valence-electron chi connectivity index (χ0n) is 15.8. The fourth-order valence-corrected chi connectivity index (χ4v) is 3.31. The van der Waals surface area contributed by atoms with Crippen LogP contribution >= 0.6 is 0 Å². The molecule has 28 heavy (non-hydrogen) atoms. The first kappa shape index (κ1) is 21.6. The van der Waals surface area contributed by atoms with Crippen LogP contribution in [0.4, 0.5) is 14.5 Å². The van der Waals surface area contributed by atoms with Crippen molar-refractivity contribution in [1.82, 2.24) is 5.32 Å². The standard InChI is InChI=1S/C19H22F2N2O4S/c1-13-6-4-5-7-18(13)27-12-14(2)22-19(24)11-23(28(3,25)26)15-8-9-16(20)17(21)10-15/h4-10,14H,11-12H2,1-3H3,(H,22,24). The number of carbonyl (C=O) groups excluding carboxylic acids is 1. The van der Waals surface area contributed by atoms with Gasteiger partial charge in [0.2, 0.25) is 15.9 Å². The van der Waals surface area contributed by atoms with Crippen molar-refractivity contribution in [2.24, 2.45) is 0 Å². The molecule has 1 atom stereocenters. The van der Waals surface area contributed by atoms with Crippen LogP contribution in [0, 0.1) is 18.6 Å². The monoisotopic (exact) mass is 412 g/mol. The van der Waals surface area contributed by atoms with E-state index in [0.717, 1.165) is 30.0 Å². The summed E-state index contributed by atoms with van der Waals surface area (Å²) in [6.45, 7) is 3.21. The topological polar surface area (TPSA) is 75.7 Å². The minimum absolute atomic E-state index is 0.139. The van der Waals surface area contributed by atoms with Crippen molar-refractivity contribution in [2.45, 2.75) is 19.9 Å². The second-order valence-corrected chi connectivity index (χ2v) is 8.32. The molecule has 152 valence electrons. The summed E-state index contributed by atoms with van der Waals surface area (Å²) in [6, 6.07) is 9.63. The van der Waals surface area contributed by atoms with Crippen LogP contribution < -0.4 is 14.4 Å². The maximum absolute atomic E-state index is 13.5. The van der Waals surface area contributed by atoms with Gasteiger partial charge in [-0.15, -0.1) is 0 Å². The minimum Gasteiger partial charge on any atom is -0.491 e. The number of aryl methyl sites for hydroxylation is 1. The van der Waals surface area contributed by atoms with Gasteiger partial charge in [-0.3, -0.25) is 9.10 Å². The molecule has 0 aliphatic rings. The van der Waals surface area contributed by atoms with E-state index in [2.05, 4.69) is 5.32 Å². The van der Waals surface area contributed by atoms with Gasteiger partial charge in [-0.2, -0.15) is 0 Å². The van der Waals surface area contributed by atoms with Gasteiger partial charge in [-0.1, -0.05) is 18.2 Å². The summed E-state index contributed by atoms with van der Waals surface area (Å²) in [5, 5.41) is 2.63. The van der Waals surface area contributed by atoms with Gasteiger partial charge in [-0.05, 0) is 37.6 Å². The van der Waals surface area contributed by atoms with Gasteiger partial charge in [0.25, 0.3) is 0 Å². The number of ether oxygens (including phenoxy) is 1. The number of hydrogen-bond acceptors (Lipinski definition) is 4. The van der Waals surface area contributed by atoms with Gasteiger partial charge in [0.15, 0.2) is 11.6 Å². The van der Waals surface area contributed by atoms with Crippen LogP contribution in [-0.4, -0.2) is 39.8 Å². The minimum atomic E-state index is -3.89. The predicted octanol–water partition coefficient (Wildman–Crippen LogP) is 2.62. The number of nitrogens with zero attached hydrogens (tertiary/aromatic N) is 1. The average Bonchev–Trinajstić information content (AvgIpc) is 2.60. The summed E-state index contributed by atoms with van der Waals surface area (Å²) in [5.74, 6) is -2.23. The van der Waals surface area contributed by atoms with Crippen LogP contribution in [0.1, 0.15) is 12.5 Å².